The molecule has 13 heteroatoms. The van der Waals surface area contributed by atoms with Gasteiger partial charge in [-0.25, -0.2) is 10.1 Å². The van der Waals surface area contributed by atoms with Gasteiger partial charge in [0, 0.05) is 17.8 Å². The molecule has 0 fully saturated rings. The molecule has 1 aliphatic rings. The number of nitrogens with one attached hydrogen (secondary N) is 1. The van der Waals surface area contributed by atoms with Gasteiger partial charge >= 0.3 is 0 Å². The van der Waals surface area contributed by atoms with Gasteiger partial charge in [-0.3, -0.25) is 4.79 Å². The predicted octanol–water partition coefficient (Wildman–Crippen LogP) is 1.27. The van der Waals surface area contributed by atoms with Crippen molar-refractivity contribution in [1.29, 1.82) is 0 Å². The standard InChI is InChI=1S/C22H21N9O4/c1-34-17-8-4-6-14(19(17)32)11-24-26-22(33)18-16(31(29-25-18)21-20(23)27-35-28-21)12-30-10-9-13-5-2-3-7-15(13)30/h2-8,11,32H,9-10,12H2,1H3,(H2,23,27)(H,26,33)/b24-11-. The molecular weight excluding hydrogens is 454 g/mol. The third-order valence-electron chi connectivity index (χ3n) is 5.62. The van der Waals surface area contributed by atoms with Crippen LogP contribution in [-0.4, -0.2) is 56.2 Å². The topological polar surface area (TPSA) is 170 Å². The monoisotopic (exact) mass is 475 g/mol. The predicted molar refractivity (Wildman–Crippen MR) is 125 cm³/mol. The lowest BCUT2D eigenvalue weighted by Gasteiger charge is -2.19. The SMILES string of the molecule is COc1cccc(/C=N\NC(=O)c2nnn(-c3nonc3N)c2CN2CCc3ccccc32)c1O. The summed E-state index contributed by atoms with van der Waals surface area (Å²) < 4.78 is 11.1. The summed E-state index contributed by atoms with van der Waals surface area (Å²) in [6.45, 7) is 1.06. The first-order valence-electron chi connectivity index (χ1n) is 10.6. The molecule has 2 aromatic heterocycles. The summed E-state index contributed by atoms with van der Waals surface area (Å²) in [5.74, 6) is -0.274. The van der Waals surface area contributed by atoms with Gasteiger partial charge in [-0.05, 0) is 40.5 Å². The Balaban J connectivity index is 1.43. The number of fused-ring (bicyclic) bond motifs is 1. The first kappa shape index (κ1) is 21.9. The zero-order valence-electron chi connectivity index (χ0n) is 18.6. The number of aromatic hydroxyl groups is 1. The van der Waals surface area contributed by atoms with E-state index in [1.165, 1.54) is 23.6 Å². The molecule has 0 bridgehead atoms. The fourth-order valence-electron chi connectivity index (χ4n) is 3.90. The maximum Gasteiger partial charge on any atom is 0.293 e. The largest absolute Gasteiger partial charge is 0.504 e. The van der Waals surface area contributed by atoms with Gasteiger partial charge in [0.05, 0.1) is 25.6 Å². The number of nitrogens with two attached hydrogens (primary N) is 1. The molecule has 0 saturated heterocycles. The van der Waals surface area contributed by atoms with E-state index in [4.69, 9.17) is 15.1 Å². The molecule has 0 aliphatic carbocycles. The highest BCUT2D eigenvalue weighted by Gasteiger charge is 2.28. The molecule has 4 N–H and O–H groups in total. The Hall–Kier alpha value is -4.94. The van der Waals surface area contributed by atoms with E-state index in [0.717, 1.165) is 18.7 Å². The molecule has 0 radical (unpaired) electrons. The Kier molecular flexibility index (Phi) is 5.71. The van der Waals surface area contributed by atoms with Crippen molar-refractivity contribution < 1.29 is 19.3 Å². The molecule has 0 atom stereocenters. The Bertz CT molecular complexity index is 1410. The molecule has 1 aliphatic heterocycles. The van der Waals surface area contributed by atoms with Crippen molar-refractivity contribution in [3.63, 3.8) is 0 Å². The molecule has 0 saturated carbocycles. The lowest BCUT2D eigenvalue weighted by atomic mass is 10.2. The number of amides is 1. The number of nitrogens with zero attached hydrogens (tertiary/aromatic N) is 7. The average Bonchev–Trinajstić information content (AvgIpc) is 3.59. The zero-order valence-corrected chi connectivity index (χ0v) is 18.6. The van der Waals surface area contributed by atoms with Crippen molar-refractivity contribution in [3.8, 4) is 17.3 Å². The number of methoxy groups -OCH3 is 1. The van der Waals surface area contributed by atoms with Gasteiger partial charge in [-0.15, -0.1) is 5.10 Å². The number of phenols is 1. The minimum atomic E-state index is -0.604. The summed E-state index contributed by atoms with van der Waals surface area (Å²) in [4.78, 5) is 15.1. The Morgan fingerprint density at radius 2 is 2.14 bits per heavy atom. The van der Waals surface area contributed by atoms with Gasteiger partial charge in [0.2, 0.25) is 11.6 Å². The lowest BCUT2D eigenvalue weighted by molar-refractivity contribution is 0.0949. The van der Waals surface area contributed by atoms with Crippen LogP contribution in [0.3, 0.4) is 0 Å². The first-order valence-corrected chi connectivity index (χ1v) is 10.6. The van der Waals surface area contributed by atoms with Crippen LogP contribution in [-0.2, 0) is 13.0 Å². The molecule has 4 aromatic rings. The maximum absolute atomic E-state index is 13.0. The number of phenolic OH excluding ortho intramolecular Hbond substituents is 1. The van der Waals surface area contributed by atoms with Crippen LogP contribution in [0.15, 0.2) is 52.2 Å². The fourth-order valence-corrected chi connectivity index (χ4v) is 3.90. The molecule has 1 amide bonds. The molecule has 0 spiro atoms. The van der Waals surface area contributed by atoms with Crippen molar-refractivity contribution >= 4 is 23.6 Å². The molecule has 35 heavy (non-hydrogen) atoms. The van der Waals surface area contributed by atoms with Crippen molar-refractivity contribution in [3.05, 3.63) is 65.0 Å². The van der Waals surface area contributed by atoms with Crippen molar-refractivity contribution in [2.45, 2.75) is 13.0 Å². The van der Waals surface area contributed by atoms with Crippen LogP contribution < -0.4 is 20.8 Å². The molecule has 2 aromatic carbocycles. The van der Waals surface area contributed by atoms with E-state index in [1.54, 1.807) is 18.2 Å². The molecule has 178 valence electrons. The van der Waals surface area contributed by atoms with E-state index in [0.29, 0.717) is 17.8 Å². The van der Waals surface area contributed by atoms with Crippen molar-refractivity contribution in [2.24, 2.45) is 5.10 Å². The van der Waals surface area contributed by atoms with Gasteiger partial charge < -0.3 is 20.5 Å². The second-order valence-electron chi connectivity index (χ2n) is 7.67. The number of aromatic nitrogens is 5. The number of nitrogen functional groups attached to an aromatic ring is 1. The molecule has 3 heterocycles. The highest BCUT2D eigenvalue weighted by molar-refractivity contribution is 5.94. The van der Waals surface area contributed by atoms with E-state index in [9.17, 15) is 9.90 Å². The molecule has 0 unspecified atom stereocenters. The molecular formula is C22H21N9O4. The van der Waals surface area contributed by atoms with Crippen LogP contribution in [0.25, 0.3) is 5.82 Å². The van der Waals surface area contributed by atoms with Crippen molar-refractivity contribution in [1.82, 2.24) is 30.7 Å². The van der Waals surface area contributed by atoms with Crippen LogP contribution in [0, 0.1) is 0 Å². The summed E-state index contributed by atoms with van der Waals surface area (Å²) in [7, 11) is 1.44. The zero-order chi connectivity index (χ0) is 24.4. The van der Waals surface area contributed by atoms with Gasteiger partial charge in [0.15, 0.2) is 17.2 Å². The van der Waals surface area contributed by atoms with E-state index >= 15 is 0 Å². The number of ether oxygens (including phenoxy) is 1. The summed E-state index contributed by atoms with van der Waals surface area (Å²) in [5.41, 5.74) is 11.4. The third kappa shape index (κ3) is 4.10. The highest BCUT2D eigenvalue weighted by Crippen LogP contribution is 2.30. The summed E-state index contributed by atoms with van der Waals surface area (Å²) in [5, 5.41) is 29.7. The van der Waals surface area contributed by atoms with Gasteiger partial charge in [0.25, 0.3) is 5.91 Å². The minimum Gasteiger partial charge on any atom is -0.504 e. The Morgan fingerprint density at radius 3 is 2.94 bits per heavy atom. The van der Waals surface area contributed by atoms with Crippen LogP contribution in [0.1, 0.15) is 27.3 Å². The second-order valence-corrected chi connectivity index (χ2v) is 7.67. The minimum absolute atomic E-state index is 0.0106. The number of carbonyl (C=O) groups is 1. The first-order chi connectivity index (χ1) is 17.1. The number of para-hydroxylation sites is 2. The van der Waals surface area contributed by atoms with Crippen LogP contribution in [0.4, 0.5) is 11.5 Å². The number of anilines is 2. The van der Waals surface area contributed by atoms with Crippen molar-refractivity contribution in [2.75, 3.05) is 24.3 Å². The summed E-state index contributed by atoms with van der Waals surface area (Å²) >= 11 is 0. The number of hydrogen-bond acceptors (Lipinski definition) is 11. The highest BCUT2D eigenvalue weighted by atomic mass is 16.6. The van der Waals surface area contributed by atoms with E-state index < -0.39 is 5.91 Å². The van der Waals surface area contributed by atoms with Gasteiger partial charge in [-0.2, -0.15) is 9.78 Å². The van der Waals surface area contributed by atoms with E-state index in [1.807, 2.05) is 18.2 Å². The normalized spacial score (nSPS) is 12.8. The van der Waals surface area contributed by atoms with E-state index in [2.05, 4.69) is 42.1 Å². The second kappa shape index (κ2) is 9.13. The van der Waals surface area contributed by atoms with Crippen LogP contribution >= 0.6 is 0 Å². The number of carbonyl (C=O) groups excluding carboxylic acids is 1. The van der Waals surface area contributed by atoms with E-state index in [-0.39, 0.29) is 28.8 Å². The Morgan fingerprint density at radius 1 is 1.29 bits per heavy atom. The van der Waals surface area contributed by atoms with Gasteiger partial charge in [0.1, 0.15) is 0 Å². The number of rotatable bonds is 7. The average molecular weight is 475 g/mol. The smallest absolute Gasteiger partial charge is 0.293 e. The summed E-state index contributed by atoms with van der Waals surface area (Å²) in [6.07, 6.45) is 2.18. The van der Waals surface area contributed by atoms with Crippen LogP contribution in [0.2, 0.25) is 0 Å². The molecule has 13 nitrogen and oxygen atoms in total. The number of hydrazone groups is 1. The Labute approximate surface area is 198 Å². The summed E-state index contributed by atoms with van der Waals surface area (Å²) in [6, 6.07) is 13.0. The van der Waals surface area contributed by atoms with Crippen LogP contribution in [0.5, 0.6) is 11.5 Å². The van der Waals surface area contributed by atoms with Gasteiger partial charge in [-0.1, -0.05) is 29.5 Å². The fraction of sp³-hybridized carbons (Fsp3) is 0.182. The number of hydrogen-bond donors (Lipinski definition) is 3. The quantitative estimate of drug-likeness (QED) is 0.261. The maximum atomic E-state index is 13.0. The third-order valence-corrected chi connectivity index (χ3v) is 5.62. The molecule has 5 rings (SSSR count). The number of benzene rings is 2. The lowest BCUT2D eigenvalue weighted by Crippen LogP contribution is -2.26.